The normalized spacial score (nSPS) is 18.2. The second kappa shape index (κ2) is 9.40. The van der Waals surface area contributed by atoms with Crippen molar-refractivity contribution in [3.63, 3.8) is 0 Å². The summed E-state index contributed by atoms with van der Waals surface area (Å²) in [7, 11) is 1.58. The Kier molecular flexibility index (Phi) is 6.02. The summed E-state index contributed by atoms with van der Waals surface area (Å²) in [5, 5.41) is 13.8. The van der Waals surface area contributed by atoms with E-state index < -0.39 is 0 Å². The number of methoxy groups -OCH3 is 1. The molecule has 1 saturated carbocycles. The van der Waals surface area contributed by atoms with Gasteiger partial charge in [-0.3, -0.25) is 9.78 Å². The van der Waals surface area contributed by atoms with Gasteiger partial charge in [0.1, 0.15) is 11.4 Å². The number of rotatable bonds is 6. The topological polar surface area (TPSA) is 90.1 Å². The first kappa shape index (κ1) is 21.1. The monoisotopic (exact) mass is 442 g/mol. The molecule has 0 bridgehead atoms. The number of pyridine rings is 1. The summed E-state index contributed by atoms with van der Waals surface area (Å²) >= 11 is 0. The number of para-hydroxylation sites is 1. The van der Waals surface area contributed by atoms with E-state index in [2.05, 4.69) is 20.5 Å². The summed E-state index contributed by atoms with van der Waals surface area (Å²) in [6, 6.07) is 17.3. The van der Waals surface area contributed by atoms with E-state index in [1.54, 1.807) is 25.4 Å². The predicted molar refractivity (Wildman–Crippen MR) is 125 cm³/mol. The Hall–Kier alpha value is -3.74. The highest BCUT2D eigenvalue weighted by molar-refractivity contribution is 5.96. The van der Waals surface area contributed by atoms with Crippen LogP contribution >= 0.6 is 0 Å². The molecule has 2 aromatic carbocycles. The first-order chi connectivity index (χ1) is 16.2. The molecule has 1 aliphatic rings. The number of nitrogens with one attached hydrogen (secondary N) is 1. The number of hydrogen-bond acceptors (Lipinski definition) is 6. The number of nitrogens with zero attached hydrogens (tertiary/aromatic N) is 3. The zero-order valence-corrected chi connectivity index (χ0v) is 18.5. The molecule has 7 heteroatoms. The zero-order chi connectivity index (χ0) is 22.6. The van der Waals surface area contributed by atoms with Gasteiger partial charge in [0, 0.05) is 24.0 Å². The Balaban J connectivity index is 1.19. The van der Waals surface area contributed by atoms with Crippen LogP contribution in [-0.2, 0) is 0 Å². The van der Waals surface area contributed by atoms with E-state index in [9.17, 15) is 4.79 Å². The number of carbonyl (C=O) groups excluding carboxylic acids is 1. The largest absolute Gasteiger partial charge is 0.496 e. The maximum absolute atomic E-state index is 12.6. The van der Waals surface area contributed by atoms with Gasteiger partial charge in [-0.15, -0.1) is 10.2 Å². The third kappa shape index (κ3) is 4.44. The van der Waals surface area contributed by atoms with Gasteiger partial charge >= 0.3 is 0 Å². The van der Waals surface area contributed by atoms with Gasteiger partial charge in [-0.25, -0.2) is 0 Å². The molecule has 33 heavy (non-hydrogen) atoms. The number of aromatic nitrogens is 3. The molecule has 5 rings (SSSR count). The number of ether oxygens (including phenoxy) is 1. The summed E-state index contributed by atoms with van der Waals surface area (Å²) in [4.78, 5) is 17.0. The fourth-order valence-corrected chi connectivity index (χ4v) is 4.56. The third-order valence-corrected chi connectivity index (χ3v) is 6.42. The molecule has 0 spiro atoms. The Morgan fingerprint density at radius 1 is 1.03 bits per heavy atom. The molecule has 0 unspecified atom stereocenters. The van der Waals surface area contributed by atoms with E-state index in [4.69, 9.17) is 9.15 Å². The van der Waals surface area contributed by atoms with E-state index in [1.165, 1.54) is 0 Å². The first-order valence-corrected chi connectivity index (χ1v) is 11.3. The van der Waals surface area contributed by atoms with Gasteiger partial charge in [0.05, 0.1) is 12.7 Å². The number of benzene rings is 2. The number of carbonyl (C=O) groups is 1. The number of fused-ring (bicyclic) bond motifs is 1. The Morgan fingerprint density at radius 2 is 1.82 bits per heavy atom. The average Bonchev–Trinajstić information content (AvgIpc) is 3.37. The van der Waals surface area contributed by atoms with Gasteiger partial charge in [0.15, 0.2) is 0 Å². The lowest BCUT2D eigenvalue weighted by molar-refractivity contribution is 0.0939. The molecule has 2 heterocycles. The van der Waals surface area contributed by atoms with Crippen molar-refractivity contribution < 1.29 is 13.9 Å². The lowest BCUT2D eigenvalue weighted by Gasteiger charge is -2.26. The van der Waals surface area contributed by atoms with Gasteiger partial charge < -0.3 is 14.5 Å². The molecular formula is C26H26N4O3. The molecule has 1 aliphatic carbocycles. The molecule has 1 amide bonds. The standard InChI is InChI=1S/C26H26N4O3/c1-32-22-9-5-4-8-21(22)24(31)28-16-17-10-12-19(13-11-17)25-29-30-26(33-25)23-20-7-3-2-6-18(20)14-15-27-23/h2-9,14-15,17,19H,10-13,16H2,1H3,(H,28,31). The predicted octanol–water partition coefficient (Wildman–Crippen LogP) is 5.00. The van der Waals surface area contributed by atoms with Gasteiger partial charge in [0.2, 0.25) is 5.89 Å². The average molecular weight is 443 g/mol. The van der Waals surface area contributed by atoms with Crippen molar-refractivity contribution >= 4 is 16.7 Å². The van der Waals surface area contributed by atoms with Crippen molar-refractivity contribution in [1.82, 2.24) is 20.5 Å². The van der Waals surface area contributed by atoms with Crippen LogP contribution in [0.25, 0.3) is 22.4 Å². The molecule has 168 valence electrons. The van der Waals surface area contributed by atoms with E-state index in [1.807, 2.05) is 42.5 Å². The van der Waals surface area contributed by atoms with Gasteiger partial charge in [-0.05, 0) is 55.2 Å². The molecule has 0 aliphatic heterocycles. The molecule has 7 nitrogen and oxygen atoms in total. The highest BCUT2D eigenvalue weighted by atomic mass is 16.5. The van der Waals surface area contributed by atoms with Crippen molar-refractivity contribution in [3.8, 4) is 17.3 Å². The maximum Gasteiger partial charge on any atom is 0.266 e. The van der Waals surface area contributed by atoms with Crippen molar-refractivity contribution in [1.29, 1.82) is 0 Å². The second-order valence-electron chi connectivity index (χ2n) is 8.45. The Morgan fingerprint density at radius 3 is 2.67 bits per heavy atom. The van der Waals surface area contributed by atoms with E-state index >= 15 is 0 Å². The van der Waals surface area contributed by atoms with Gasteiger partial charge in [0.25, 0.3) is 11.8 Å². The van der Waals surface area contributed by atoms with Crippen molar-refractivity contribution in [2.75, 3.05) is 13.7 Å². The molecule has 0 atom stereocenters. The van der Waals surface area contributed by atoms with Crippen LogP contribution < -0.4 is 10.1 Å². The molecule has 2 aromatic heterocycles. The van der Waals surface area contributed by atoms with Crippen molar-refractivity contribution in [3.05, 3.63) is 72.2 Å². The van der Waals surface area contributed by atoms with Gasteiger partial charge in [-0.1, -0.05) is 36.4 Å². The lowest BCUT2D eigenvalue weighted by Crippen LogP contribution is -2.31. The van der Waals surface area contributed by atoms with Crippen LogP contribution in [0.4, 0.5) is 0 Å². The minimum Gasteiger partial charge on any atom is -0.496 e. The van der Waals surface area contributed by atoms with Crippen LogP contribution in [0.1, 0.15) is 47.8 Å². The minimum atomic E-state index is -0.0984. The van der Waals surface area contributed by atoms with E-state index in [-0.39, 0.29) is 11.8 Å². The highest BCUT2D eigenvalue weighted by Crippen LogP contribution is 2.36. The molecule has 0 saturated heterocycles. The van der Waals surface area contributed by atoms with Crippen LogP contribution in [0.5, 0.6) is 5.75 Å². The molecule has 4 aromatic rings. The summed E-state index contributed by atoms with van der Waals surface area (Å²) < 4.78 is 11.4. The molecule has 1 N–H and O–H groups in total. The summed E-state index contributed by atoms with van der Waals surface area (Å²) in [5.74, 6) is 2.30. The Labute approximate surface area is 192 Å². The number of amides is 1. The molecule has 0 radical (unpaired) electrons. The first-order valence-electron chi connectivity index (χ1n) is 11.3. The highest BCUT2D eigenvalue weighted by Gasteiger charge is 2.27. The summed E-state index contributed by atoms with van der Waals surface area (Å²) in [6.45, 7) is 0.651. The summed E-state index contributed by atoms with van der Waals surface area (Å²) in [5.41, 5.74) is 1.29. The van der Waals surface area contributed by atoms with Crippen molar-refractivity contribution in [2.24, 2.45) is 5.92 Å². The maximum atomic E-state index is 12.6. The molecular weight excluding hydrogens is 416 g/mol. The lowest BCUT2D eigenvalue weighted by atomic mass is 9.82. The van der Waals surface area contributed by atoms with Crippen LogP contribution in [0.2, 0.25) is 0 Å². The number of hydrogen-bond donors (Lipinski definition) is 1. The SMILES string of the molecule is COc1ccccc1C(=O)NCC1CCC(c2nnc(-c3nccc4ccccc34)o2)CC1. The smallest absolute Gasteiger partial charge is 0.266 e. The molecule has 1 fully saturated rings. The van der Waals surface area contributed by atoms with E-state index in [0.29, 0.717) is 35.6 Å². The second-order valence-corrected chi connectivity index (χ2v) is 8.45. The third-order valence-electron chi connectivity index (χ3n) is 6.42. The quantitative estimate of drug-likeness (QED) is 0.452. The zero-order valence-electron chi connectivity index (χ0n) is 18.5. The van der Waals surface area contributed by atoms with Gasteiger partial charge in [-0.2, -0.15) is 0 Å². The summed E-state index contributed by atoms with van der Waals surface area (Å²) in [6.07, 6.45) is 5.69. The van der Waals surface area contributed by atoms with E-state index in [0.717, 1.165) is 42.1 Å². The van der Waals surface area contributed by atoms with Crippen LogP contribution in [-0.4, -0.2) is 34.7 Å². The minimum absolute atomic E-state index is 0.0984. The fourth-order valence-electron chi connectivity index (χ4n) is 4.56. The Bertz CT molecular complexity index is 1260. The fraction of sp³-hybridized carbons (Fsp3) is 0.308. The van der Waals surface area contributed by atoms with Crippen LogP contribution in [0.15, 0.2) is 65.2 Å². The van der Waals surface area contributed by atoms with Crippen LogP contribution in [0, 0.1) is 5.92 Å². The van der Waals surface area contributed by atoms with Crippen molar-refractivity contribution in [2.45, 2.75) is 31.6 Å². The van der Waals surface area contributed by atoms with Crippen LogP contribution in [0.3, 0.4) is 0 Å².